The van der Waals surface area contributed by atoms with E-state index in [1.807, 2.05) is 12.1 Å². The van der Waals surface area contributed by atoms with Crippen molar-refractivity contribution in [3.8, 4) is 0 Å². The van der Waals surface area contributed by atoms with Crippen LogP contribution < -0.4 is 4.72 Å². The van der Waals surface area contributed by atoms with E-state index in [0.717, 1.165) is 42.3 Å². The molecule has 2 aromatic heterocycles. The lowest BCUT2D eigenvalue weighted by atomic mass is 9.82. The van der Waals surface area contributed by atoms with Crippen molar-refractivity contribution in [1.29, 1.82) is 0 Å². The Morgan fingerprint density at radius 1 is 1.23 bits per heavy atom. The molecule has 0 radical (unpaired) electrons. The number of likely N-dealkylation sites (tertiary alicyclic amines) is 1. The predicted molar refractivity (Wildman–Crippen MR) is 113 cm³/mol. The zero-order chi connectivity index (χ0) is 21.5. The average molecular weight is 436 g/mol. The van der Waals surface area contributed by atoms with Crippen LogP contribution >= 0.6 is 0 Å². The van der Waals surface area contributed by atoms with E-state index in [2.05, 4.69) is 9.71 Å². The molecule has 8 nitrogen and oxygen atoms in total. The second-order valence-corrected chi connectivity index (χ2v) is 11.3. The number of sulfonamides is 1. The highest BCUT2D eigenvalue weighted by Gasteiger charge is 2.42. The molecule has 1 aliphatic heterocycles. The molecule has 9 heteroatoms. The van der Waals surface area contributed by atoms with Gasteiger partial charge in [-0.05, 0) is 64.5 Å². The number of nitrogens with one attached hydrogen (secondary N) is 1. The van der Waals surface area contributed by atoms with Gasteiger partial charge in [0.25, 0.3) is 0 Å². The summed E-state index contributed by atoms with van der Waals surface area (Å²) in [5.74, 6) is 0.327. The van der Waals surface area contributed by atoms with Gasteiger partial charge in [0.2, 0.25) is 10.0 Å². The van der Waals surface area contributed by atoms with Crippen molar-refractivity contribution < 1.29 is 22.4 Å². The third-order valence-electron chi connectivity index (χ3n) is 5.79. The molecule has 4 rings (SSSR count). The molecule has 0 spiro atoms. The average Bonchev–Trinajstić information content (AvgIpc) is 3.03. The van der Waals surface area contributed by atoms with Gasteiger partial charge in [0.1, 0.15) is 16.4 Å². The van der Waals surface area contributed by atoms with Gasteiger partial charge in [0.15, 0.2) is 5.58 Å². The van der Waals surface area contributed by atoms with Gasteiger partial charge in [-0.15, -0.1) is 0 Å². The molecule has 1 amide bonds. The zero-order valence-electron chi connectivity index (χ0n) is 17.6. The molecule has 2 aromatic rings. The third kappa shape index (κ3) is 4.46. The fraction of sp³-hybridized carbons (Fsp3) is 0.619. The van der Waals surface area contributed by atoms with E-state index in [-0.39, 0.29) is 19.1 Å². The molecule has 1 saturated carbocycles. The van der Waals surface area contributed by atoms with Crippen molar-refractivity contribution in [3.63, 3.8) is 0 Å². The molecule has 0 aromatic carbocycles. The summed E-state index contributed by atoms with van der Waals surface area (Å²) in [6, 6.07) is 3.68. The van der Waals surface area contributed by atoms with E-state index >= 15 is 0 Å². The Balaban J connectivity index is 1.28. The van der Waals surface area contributed by atoms with Crippen molar-refractivity contribution in [2.75, 3.05) is 13.1 Å². The molecular formula is C21H29N3O5S. The number of furan rings is 1. The largest absolute Gasteiger partial charge is 0.462 e. The monoisotopic (exact) mass is 435 g/mol. The molecule has 0 bridgehead atoms. The van der Waals surface area contributed by atoms with Crippen LogP contribution in [0.1, 0.15) is 57.9 Å². The van der Waals surface area contributed by atoms with Crippen LogP contribution in [0.25, 0.3) is 11.1 Å². The molecular weight excluding hydrogens is 406 g/mol. The molecule has 2 aliphatic rings. The number of aromatic nitrogens is 1. The first-order chi connectivity index (χ1) is 14.1. The van der Waals surface area contributed by atoms with Crippen LogP contribution in [-0.2, 0) is 14.8 Å². The molecule has 164 valence electrons. The Labute approximate surface area is 177 Å². The van der Waals surface area contributed by atoms with Crippen LogP contribution in [0.3, 0.4) is 0 Å². The molecule has 30 heavy (non-hydrogen) atoms. The van der Waals surface area contributed by atoms with Crippen LogP contribution in [-0.4, -0.2) is 54.4 Å². The number of hydrogen-bond acceptors (Lipinski definition) is 6. The number of ether oxygens (including phenoxy) is 1. The molecule has 0 atom stereocenters. The maximum atomic E-state index is 12.7. The Hall–Kier alpha value is -2.13. The number of hydrogen-bond donors (Lipinski definition) is 1. The Bertz CT molecular complexity index is 1010. The Kier molecular flexibility index (Phi) is 5.52. The molecule has 1 saturated heterocycles. The lowest BCUT2D eigenvalue weighted by molar-refractivity contribution is 0.0138. The zero-order valence-corrected chi connectivity index (χ0v) is 18.4. The first kappa shape index (κ1) is 21.1. The summed E-state index contributed by atoms with van der Waals surface area (Å²) in [7, 11) is -3.47. The maximum absolute atomic E-state index is 12.7. The van der Waals surface area contributed by atoms with Crippen LogP contribution in [0.4, 0.5) is 4.79 Å². The van der Waals surface area contributed by atoms with Crippen molar-refractivity contribution >= 4 is 27.2 Å². The van der Waals surface area contributed by atoms with Gasteiger partial charge in [0, 0.05) is 30.9 Å². The molecule has 1 N–H and O–H groups in total. The van der Waals surface area contributed by atoms with Crippen LogP contribution in [0.5, 0.6) is 0 Å². The minimum Gasteiger partial charge on any atom is -0.462 e. The Morgan fingerprint density at radius 3 is 2.60 bits per heavy atom. The highest BCUT2D eigenvalue weighted by Crippen LogP contribution is 2.37. The van der Waals surface area contributed by atoms with Crippen LogP contribution in [0, 0.1) is 0 Å². The maximum Gasteiger partial charge on any atom is 0.410 e. The number of rotatable bonds is 4. The summed E-state index contributed by atoms with van der Waals surface area (Å²) in [4.78, 5) is 17.9. The number of fused-ring (bicyclic) bond motifs is 1. The highest BCUT2D eigenvalue weighted by molar-refractivity contribution is 7.90. The van der Waals surface area contributed by atoms with Crippen LogP contribution in [0.2, 0.25) is 0 Å². The van der Waals surface area contributed by atoms with Gasteiger partial charge < -0.3 is 14.1 Å². The number of carbonyl (C=O) groups is 1. The summed E-state index contributed by atoms with van der Waals surface area (Å²) in [5, 5.41) is -0.579. The van der Waals surface area contributed by atoms with E-state index in [0.29, 0.717) is 5.92 Å². The topological polar surface area (TPSA) is 102 Å². The number of carbonyl (C=O) groups excluding carboxylic acids is 1. The number of amides is 1. The number of pyridine rings is 1. The van der Waals surface area contributed by atoms with Crippen molar-refractivity contribution in [1.82, 2.24) is 14.6 Å². The minimum absolute atomic E-state index is 0.0760. The van der Waals surface area contributed by atoms with Gasteiger partial charge in [-0.1, -0.05) is 0 Å². The van der Waals surface area contributed by atoms with E-state index in [4.69, 9.17) is 9.15 Å². The van der Waals surface area contributed by atoms with Crippen molar-refractivity contribution in [2.45, 2.75) is 69.3 Å². The van der Waals surface area contributed by atoms with Gasteiger partial charge >= 0.3 is 6.09 Å². The fourth-order valence-electron chi connectivity index (χ4n) is 4.14. The summed E-state index contributed by atoms with van der Waals surface area (Å²) >= 11 is 0. The summed E-state index contributed by atoms with van der Waals surface area (Å²) < 4.78 is 39.2. The summed E-state index contributed by atoms with van der Waals surface area (Å²) in [6.45, 7) is 5.72. The minimum atomic E-state index is -3.47. The smallest absolute Gasteiger partial charge is 0.410 e. The SMILES string of the molecule is CC(C)(C)OC(=O)N1CC(S(=O)(=O)N[C@H]2CC[C@H](c3coc4cccnc43)CC2)C1. The van der Waals surface area contributed by atoms with E-state index < -0.39 is 27.0 Å². The highest BCUT2D eigenvalue weighted by atomic mass is 32.2. The second-order valence-electron chi connectivity index (χ2n) is 9.26. The summed E-state index contributed by atoms with van der Waals surface area (Å²) in [5.41, 5.74) is 2.21. The molecule has 0 unspecified atom stereocenters. The summed E-state index contributed by atoms with van der Waals surface area (Å²) in [6.07, 6.45) is 6.39. The van der Waals surface area contributed by atoms with Gasteiger partial charge in [-0.25, -0.2) is 17.9 Å². The lowest BCUT2D eigenvalue weighted by Gasteiger charge is -2.40. The third-order valence-corrected chi connectivity index (χ3v) is 7.63. The lowest BCUT2D eigenvalue weighted by Crippen LogP contribution is -2.61. The second kappa shape index (κ2) is 7.85. The standard InChI is InChI=1S/C21H29N3O5S/c1-21(2,3)29-20(25)24-11-16(12-24)30(26,27)23-15-8-6-14(7-9-15)17-13-28-18-5-4-10-22-19(17)18/h4-5,10,13-16,23H,6-9,11-12H2,1-3H3/t14-,15-. The first-order valence-electron chi connectivity index (χ1n) is 10.4. The van der Waals surface area contributed by atoms with Gasteiger partial charge in [-0.3, -0.25) is 4.98 Å². The van der Waals surface area contributed by atoms with E-state index in [9.17, 15) is 13.2 Å². The molecule has 2 fully saturated rings. The molecule has 1 aliphatic carbocycles. The van der Waals surface area contributed by atoms with E-state index in [1.54, 1.807) is 33.2 Å². The molecule has 3 heterocycles. The van der Waals surface area contributed by atoms with E-state index in [1.165, 1.54) is 4.90 Å². The fourth-order valence-corrected chi connectivity index (χ4v) is 5.78. The quantitative estimate of drug-likeness (QED) is 0.790. The first-order valence-corrected chi connectivity index (χ1v) is 12.0. The van der Waals surface area contributed by atoms with Gasteiger partial charge in [0.05, 0.1) is 6.26 Å². The van der Waals surface area contributed by atoms with Crippen LogP contribution in [0.15, 0.2) is 29.0 Å². The normalized spacial score (nSPS) is 23.4. The predicted octanol–water partition coefficient (Wildman–Crippen LogP) is 3.39. The van der Waals surface area contributed by atoms with Crippen molar-refractivity contribution in [3.05, 3.63) is 30.2 Å². The number of nitrogens with zero attached hydrogens (tertiary/aromatic N) is 2. The Morgan fingerprint density at radius 2 is 1.93 bits per heavy atom. The van der Waals surface area contributed by atoms with Crippen molar-refractivity contribution in [2.24, 2.45) is 0 Å². The van der Waals surface area contributed by atoms with Gasteiger partial charge in [-0.2, -0.15) is 0 Å².